The number of carbonyl (C=O) groups is 2. The minimum absolute atomic E-state index is 0.175. The molecule has 1 N–H and O–H groups in total. The van der Waals surface area contributed by atoms with Crippen molar-refractivity contribution in [3.05, 3.63) is 58.6 Å². The molecule has 3 rings (SSSR count). The summed E-state index contributed by atoms with van der Waals surface area (Å²) in [7, 11) is 0. The van der Waals surface area contributed by atoms with E-state index in [0.717, 1.165) is 16.8 Å². The van der Waals surface area contributed by atoms with Crippen LogP contribution < -0.4 is 10.2 Å². The minimum Gasteiger partial charge on any atom is -0.325 e. The lowest BCUT2D eigenvalue weighted by atomic mass is 10.1. The molecule has 1 saturated heterocycles. The van der Waals surface area contributed by atoms with Crippen LogP contribution in [0.15, 0.2) is 42.5 Å². The Balaban J connectivity index is 1.76. The number of aryl methyl sites for hydroxylation is 2. The van der Waals surface area contributed by atoms with Crippen molar-refractivity contribution < 1.29 is 9.59 Å². The maximum atomic E-state index is 12.7. The fourth-order valence-electron chi connectivity index (χ4n) is 2.99. The number of rotatable bonds is 3. The number of benzene rings is 2. The van der Waals surface area contributed by atoms with Gasteiger partial charge in [0.1, 0.15) is 5.92 Å². The molecular weight excluding hydrogens is 324 g/mol. The van der Waals surface area contributed by atoms with Gasteiger partial charge in [-0.25, -0.2) is 0 Å². The highest BCUT2D eigenvalue weighted by atomic mass is 35.5. The summed E-state index contributed by atoms with van der Waals surface area (Å²) in [6.07, 6.45) is 0.502. The van der Waals surface area contributed by atoms with E-state index in [1.165, 1.54) is 0 Å². The summed E-state index contributed by atoms with van der Waals surface area (Å²) in [5.74, 6) is -1.10. The van der Waals surface area contributed by atoms with E-state index in [2.05, 4.69) is 5.32 Å². The van der Waals surface area contributed by atoms with Gasteiger partial charge in [0.15, 0.2) is 0 Å². The molecule has 2 aromatic carbocycles. The van der Waals surface area contributed by atoms with Crippen molar-refractivity contribution in [2.45, 2.75) is 20.3 Å². The van der Waals surface area contributed by atoms with Gasteiger partial charge < -0.3 is 10.2 Å². The van der Waals surface area contributed by atoms with Gasteiger partial charge in [-0.1, -0.05) is 29.8 Å². The molecule has 0 aliphatic carbocycles. The summed E-state index contributed by atoms with van der Waals surface area (Å²) in [5, 5.41) is 3.42. The quantitative estimate of drug-likeness (QED) is 0.859. The molecule has 0 spiro atoms. The van der Waals surface area contributed by atoms with E-state index >= 15 is 0 Å². The van der Waals surface area contributed by atoms with Crippen LogP contribution in [-0.2, 0) is 9.59 Å². The SMILES string of the molecule is Cc1cccc(NC(=O)C2CCN(c3cc(Cl)ccc3C)C2=O)c1. The number of halogens is 1. The van der Waals surface area contributed by atoms with Crippen molar-refractivity contribution in [2.24, 2.45) is 5.92 Å². The molecule has 0 radical (unpaired) electrons. The first-order chi connectivity index (χ1) is 11.5. The summed E-state index contributed by atoms with van der Waals surface area (Å²) in [6, 6.07) is 13.0. The molecule has 4 nitrogen and oxygen atoms in total. The highest BCUT2D eigenvalue weighted by molar-refractivity contribution is 6.31. The first kappa shape index (κ1) is 16.5. The second-order valence-corrected chi connectivity index (χ2v) is 6.56. The van der Waals surface area contributed by atoms with Crippen molar-refractivity contribution in [1.29, 1.82) is 0 Å². The van der Waals surface area contributed by atoms with Gasteiger partial charge in [-0.3, -0.25) is 9.59 Å². The van der Waals surface area contributed by atoms with Crippen LogP contribution in [0.2, 0.25) is 5.02 Å². The maximum Gasteiger partial charge on any atom is 0.239 e. The topological polar surface area (TPSA) is 49.4 Å². The van der Waals surface area contributed by atoms with E-state index < -0.39 is 5.92 Å². The van der Waals surface area contributed by atoms with Crippen LogP contribution in [-0.4, -0.2) is 18.4 Å². The molecule has 1 unspecified atom stereocenters. The smallest absolute Gasteiger partial charge is 0.239 e. The first-order valence-electron chi connectivity index (χ1n) is 7.91. The maximum absolute atomic E-state index is 12.7. The van der Waals surface area contributed by atoms with E-state index in [-0.39, 0.29) is 11.8 Å². The molecule has 0 bridgehead atoms. The Kier molecular flexibility index (Phi) is 4.58. The Bertz CT molecular complexity index is 804. The highest BCUT2D eigenvalue weighted by Gasteiger charge is 2.38. The predicted octanol–water partition coefficient (Wildman–Crippen LogP) is 3.95. The van der Waals surface area contributed by atoms with Crippen LogP contribution in [0.3, 0.4) is 0 Å². The van der Waals surface area contributed by atoms with Crippen molar-refractivity contribution in [1.82, 2.24) is 0 Å². The van der Waals surface area contributed by atoms with Crippen LogP contribution in [0.25, 0.3) is 0 Å². The zero-order chi connectivity index (χ0) is 17.3. The summed E-state index contributed by atoms with van der Waals surface area (Å²) in [6.45, 7) is 4.41. The Morgan fingerprint density at radius 1 is 1.21 bits per heavy atom. The number of hydrogen-bond donors (Lipinski definition) is 1. The van der Waals surface area contributed by atoms with Crippen molar-refractivity contribution in [3.63, 3.8) is 0 Å². The third-order valence-corrected chi connectivity index (χ3v) is 4.50. The number of nitrogens with one attached hydrogen (secondary N) is 1. The molecule has 1 atom stereocenters. The van der Waals surface area contributed by atoms with E-state index in [1.807, 2.05) is 44.2 Å². The molecule has 2 amide bonds. The third-order valence-electron chi connectivity index (χ3n) is 4.27. The van der Waals surface area contributed by atoms with Gasteiger partial charge in [0, 0.05) is 22.9 Å². The number of amides is 2. The van der Waals surface area contributed by atoms with E-state index in [1.54, 1.807) is 17.0 Å². The Morgan fingerprint density at radius 3 is 2.75 bits per heavy atom. The van der Waals surface area contributed by atoms with Crippen LogP contribution in [0, 0.1) is 19.8 Å². The molecule has 1 aliphatic heterocycles. The van der Waals surface area contributed by atoms with Gasteiger partial charge in [0.2, 0.25) is 11.8 Å². The molecule has 1 fully saturated rings. The van der Waals surface area contributed by atoms with Gasteiger partial charge in [-0.15, -0.1) is 0 Å². The zero-order valence-corrected chi connectivity index (χ0v) is 14.4. The van der Waals surface area contributed by atoms with Gasteiger partial charge in [-0.05, 0) is 55.7 Å². The van der Waals surface area contributed by atoms with Crippen LogP contribution in [0.1, 0.15) is 17.5 Å². The lowest BCUT2D eigenvalue weighted by molar-refractivity contribution is -0.129. The molecule has 5 heteroatoms. The second-order valence-electron chi connectivity index (χ2n) is 6.12. The number of anilines is 2. The fraction of sp³-hybridized carbons (Fsp3) is 0.263. The van der Waals surface area contributed by atoms with Crippen molar-refractivity contribution >= 4 is 34.8 Å². The minimum atomic E-state index is -0.663. The van der Waals surface area contributed by atoms with Crippen LogP contribution >= 0.6 is 11.6 Å². The molecule has 1 heterocycles. The Morgan fingerprint density at radius 2 is 2.00 bits per heavy atom. The zero-order valence-electron chi connectivity index (χ0n) is 13.7. The van der Waals surface area contributed by atoms with Gasteiger partial charge >= 0.3 is 0 Å². The van der Waals surface area contributed by atoms with Crippen molar-refractivity contribution in [2.75, 3.05) is 16.8 Å². The molecule has 0 aromatic heterocycles. The fourth-order valence-corrected chi connectivity index (χ4v) is 3.15. The number of hydrogen-bond acceptors (Lipinski definition) is 2. The first-order valence-corrected chi connectivity index (χ1v) is 8.28. The standard InChI is InChI=1S/C19H19ClN2O2/c1-12-4-3-5-15(10-12)21-18(23)16-8-9-22(19(16)24)17-11-14(20)7-6-13(17)2/h3-7,10-11,16H,8-9H2,1-2H3,(H,21,23). The highest BCUT2D eigenvalue weighted by Crippen LogP contribution is 2.30. The molecule has 0 saturated carbocycles. The lowest BCUT2D eigenvalue weighted by Crippen LogP contribution is -2.33. The number of nitrogens with zero attached hydrogens (tertiary/aromatic N) is 1. The number of carbonyl (C=O) groups excluding carboxylic acids is 2. The molecule has 1 aliphatic rings. The van der Waals surface area contributed by atoms with Gasteiger partial charge in [-0.2, -0.15) is 0 Å². The van der Waals surface area contributed by atoms with Crippen molar-refractivity contribution in [3.8, 4) is 0 Å². The summed E-state index contributed by atoms with van der Waals surface area (Å²) < 4.78 is 0. The largest absolute Gasteiger partial charge is 0.325 e. The normalized spacial score (nSPS) is 17.2. The monoisotopic (exact) mass is 342 g/mol. The Hall–Kier alpha value is -2.33. The summed E-state index contributed by atoms with van der Waals surface area (Å²) in [4.78, 5) is 26.8. The Labute approximate surface area is 146 Å². The molecule has 124 valence electrons. The van der Waals surface area contributed by atoms with Gasteiger partial charge in [0.25, 0.3) is 0 Å². The van der Waals surface area contributed by atoms with E-state index in [0.29, 0.717) is 23.7 Å². The third kappa shape index (κ3) is 3.29. The van der Waals surface area contributed by atoms with E-state index in [4.69, 9.17) is 11.6 Å². The lowest BCUT2D eigenvalue weighted by Gasteiger charge is -2.19. The summed E-state index contributed by atoms with van der Waals surface area (Å²) in [5.41, 5.74) is 3.51. The average molecular weight is 343 g/mol. The molecule has 2 aromatic rings. The average Bonchev–Trinajstić information content (AvgIpc) is 2.91. The van der Waals surface area contributed by atoms with Crippen LogP contribution in [0.5, 0.6) is 0 Å². The van der Waals surface area contributed by atoms with Crippen LogP contribution in [0.4, 0.5) is 11.4 Å². The summed E-state index contributed by atoms with van der Waals surface area (Å²) >= 11 is 6.05. The predicted molar refractivity (Wildman–Crippen MR) is 96.5 cm³/mol. The second kappa shape index (κ2) is 6.65. The van der Waals surface area contributed by atoms with E-state index in [9.17, 15) is 9.59 Å². The molecular formula is C19H19ClN2O2. The van der Waals surface area contributed by atoms with Gasteiger partial charge in [0.05, 0.1) is 0 Å². The molecule has 24 heavy (non-hydrogen) atoms.